The third kappa shape index (κ3) is 11.7. The second kappa shape index (κ2) is 16.1. The smallest absolute Gasteiger partial charge is 0.407 e. The van der Waals surface area contributed by atoms with E-state index in [1.807, 2.05) is 0 Å². The molecule has 0 aromatic heterocycles. The molecule has 1 unspecified atom stereocenters. The lowest BCUT2D eigenvalue weighted by Gasteiger charge is -2.20. The van der Waals surface area contributed by atoms with E-state index in [4.69, 9.17) is 5.11 Å². The largest absolute Gasteiger partial charge is 0.465 e. The van der Waals surface area contributed by atoms with Gasteiger partial charge in [0.25, 0.3) is 0 Å². The van der Waals surface area contributed by atoms with Crippen LogP contribution in [0, 0.1) is 0 Å². The molecule has 7 nitrogen and oxygen atoms in total. The fourth-order valence-corrected chi connectivity index (χ4v) is 3.78. The zero-order valence-corrected chi connectivity index (χ0v) is 18.2. The number of unbranched alkanes of at least 4 members (excludes halogenated alkanes) is 9. The third-order valence-corrected chi connectivity index (χ3v) is 5.53. The molecule has 3 amide bonds. The fourth-order valence-electron chi connectivity index (χ4n) is 3.78. The van der Waals surface area contributed by atoms with Gasteiger partial charge in [0.2, 0.25) is 11.8 Å². The zero-order valence-electron chi connectivity index (χ0n) is 18.2. The molecule has 29 heavy (non-hydrogen) atoms. The molecule has 1 atom stereocenters. The van der Waals surface area contributed by atoms with Crippen molar-refractivity contribution in [1.29, 1.82) is 0 Å². The van der Waals surface area contributed by atoms with E-state index < -0.39 is 12.1 Å². The van der Waals surface area contributed by atoms with E-state index in [1.54, 1.807) is 0 Å². The zero-order chi connectivity index (χ0) is 21.3. The number of carbonyl (C=O) groups is 3. The van der Waals surface area contributed by atoms with Gasteiger partial charge in [0.1, 0.15) is 6.04 Å². The van der Waals surface area contributed by atoms with E-state index in [9.17, 15) is 14.4 Å². The Labute approximate surface area is 176 Å². The molecule has 0 aliphatic carbocycles. The second-order valence-electron chi connectivity index (χ2n) is 8.06. The van der Waals surface area contributed by atoms with Crippen molar-refractivity contribution >= 4 is 17.9 Å². The van der Waals surface area contributed by atoms with Gasteiger partial charge in [-0.1, -0.05) is 64.7 Å². The molecule has 1 heterocycles. The van der Waals surface area contributed by atoms with Gasteiger partial charge in [0.15, 0.2) is 0 Å². The molecule has 7 heteroatoms. The number of carboxylic acid groups (broad SMARTS) is 1. The molecule has 168 valence electrons. The minimum Gasteiger partial charge on any atom is -0.465 e. The number of hydrogen-bond donors (Lipinski definition) is 3. The molecule has 1 aliphatic rings. The Hall–Kier alpha value is -1.79. The number of rotatable bonds is 16. The maximum atomic E-state index is 12.1. The van der Waals surface area contributed by atoms with Crippen molar-refractivity contribution in [3.05, 3.63) is 0 Å². The molecule has 0 aromatic rings. The SMILES string of the molecule is CCCCCCCCCCCCNC(=O)CCCNC(=O)C1CCCN1C(=O)O. The van der Waals surface area contributed by atoms with Crippen LogP contribution >= 0.6 is 0 Å². The minimum absolute atomic E-state index is 0.0169. The van der Waals surface area contributed by atoms with Gasteiger partial charge < -0.3 is 15.7 Å². The topological polar surface area (TPSA) is 98.7 Å². The van der Waals surface area contributed by atoms with Crippen LogP contribution in [-0.2, 0) is 9.59 Å². The van der Waals surface area contributed by atoms with Crippen molar-refractivity contribution in [2.24, 2.45) is 0 Å². The number of amides is 3. The Morgan fingerprint density at radius 2 is 1.45 bits per heavy atom. The van der Waals surface area contributed by atoms with Crippen molar-refractivity contribution in [3.8, 4) is 0 Å². The Balaban J connectivity index is 1.92. The van der Waals surface area contributed by atoms with Crippen LogP contribution in [-0.4, -0.2) is 53.6 Å². The average molecular weight is 412 g/mol. The molecular formula is C22H41N3O4. The van der Waals surface area contributed by atoms with Crippen molar-refractivity contribution in [2.45, 2.75) is 103 Å². The van der Waals surface area contributed by atoms with Gasteiger partial charge in [-0.05, 0) is 25.7 Å². The Morgan fingerprint density at radius 3 is 2.07 bits per heavy atom. The first kappa shape index (κ1) is 25.2. The molecule has 1 fully saturated rings. The summed E-state index contributed by atoms with van der Waals surface area (Å²) in [5, 5.41) is 14.8. The molecule has 0 radical (unpaired) electrons. The normalized spacial score (nSPS) is 16.0. The van der Waals surface area contributed by atoms with Gasteiger partial charge in [0.05, 0.1) is 0 Å². The van der Waals surface area contributed by atoms with Gasteiger partial charge in [-0.2, -0.15) is 0 Å². The summed E-state index contributed by atoms with van der Waals surface area (Å²) in [6.07, 6.45) is 14.0. The first-order valence-corrected chi connectivity index (χ1v) is 11.6. The Bertz CT molecular complexity index is 485. The van der Waals surface area contributed by atoms with Crippen molar-refractivity contribution in [3.63, 3.8) is 0 Å². The summed E-state index contributed by atoms with van der Waals surface area (Å²) in [5.41, 5.74) is 0. The summed E-state index contributed by atoms with van der Waals surface area (Å²) in [6, 6.07) is -0.585. The van der Waals surface area contributed by atoms with Crippen LogP contribution in [0.3, 0.4) is 0 Å². The number of nitrogens with one attached hydrogen (secondary N) is 2. The summed E-state index contributed by atoms with van der Waals surface area (Å²) >= 11 is 0. The quantitative estimate of drug-likeness (QED) is 0.334. The highest BCUT2D eigenvalue weighted by atomic mass is 16.4. The third-order valence-electron chi connectivity index (χ3n) is 5.53. The predicted molar refractivity (Wildman–Crippen MR) is 115 cm³/mol. The Morgan fingerprint density at radius 1 is 0.862 bits per heavy atom. The molecule has 3 N–H and O–H groups in total. The summed E-state index contributed by atoms with van der Waals surface area (Å²) in [4.78, 5) is 36.2. The van der Waals surface area contributed by atoms with Crippen molar-refractivity contribution in [1.82, 2.24) is 15.5 Å². The average Bonchev–Trinajstić information content (AvgIpc) is 3.19. The number of nitrogens with zero attached hydrogens (tertiary/aromatic N) is 1. The fraction of sp³-hybridized carbons (Fsp3) is 0.864. The monoisotopic (exact) mass is 411 g/mol. The second-order valence-corrected chi connectivity index (χ2v) is 8.06. The van der Waals surface area contributed by atoms with E-state index in [1.165, 1.54) is 56.3 Å². The van der Waals surface area contributed by atoms with Crippen LogP contribution in [0.4, 0.5) is 4.79 Å². The number of carbonyl (C=O) groups excluding carboxylic acids is 2. The van der Waals surface area contributed by atoms with E-state index in [0.717, 1.165) is 19.4 Å². The van der Waals surface area contributed by atoms with Crippen LogP contribution in [0.1, 0.15) is 96.8 Å². The highest BCUT2D eigenvalue weighted by molar-refractivity contribution is 5.85. The van der Waals surface area contributed by atoms with Gasteiger partial charge in [-0.15, -0.1) is 0 Å². The lowest BCUT2D eigenvalue weighted by Crippen LogP contribution is -2.45. The lowest BCUT2D eigenvalue weighted by atomic mass is 10.1. The molecule has 0 aromatic carbocycles. The summed E-state index contributed by atoms with van der Waals surface area (Å²) in [5.74, 6) is -0.237. The first-order valence-electron chi connectivity index (χ1n) is 11.6. The number of hydrogen-bond acceptors (Lipinski definition) is 3. The molecule has 1 rings (SSSR count). The van der Waals surface area contributed by atoms with E-state index in [2.05, 4.69) is 17.6 Å². The highest BCUT2D eigenvalue weighted by Gasteiger charge is 2.33. The van der Waals surface area contributed by atoms with Crippen LogP contribution in [0.5, 0.6) is 0 Å². The molecule has 1 saturated heterocycles. The van der Waals surface area contributed by atoms with E-state index >= 15 is 0 Å². The molecule has 0 saturated carbocycles. The highest BCUT2D eigenvalue weighted by Crippen LogP contribution is 2.17. The first-order chi connectivity index (χ1) is 14.1. The molecule has 0 bridgehead atoms. The van der Waals surface area contributed by atoms with E-state index in [0.29, 0.717) is 38.8 Å². The predicted octanol–water partition coefficient (Wildman–Crippen LogP) is 4.06. The Kier molecular flexibility index (Phi) is 14.0. The van der Waals surface area contributed by atoms with Gasteiger partial charge in [0, 0.05) is 26.1 Å². The molecular weight excluding hydrogens is 370 g/mol. The molecule has 0 spiro atoms. The van der Waals surface area contributed by atoms with Crippen LogP contribution in [0.15, 0.2) is 0 Å². The van der Waals surface area contributed by atoms with Crippen LogP contribution < -0.4 is 10.6 Å². The van der Waals surface area contributed by atoms with Crippen LogP contribution in [0.25, 0.3) is 0 Å². The van der Waals surface area contributed by atoms with E-state index in [-0.39, 0.29) is 11.8 Å². The molecule has 1 aliphatic heterocycles. The summed E-state index contributed by atoms with van der Waals surface area (Å²) < 4.78 is 0. The van der Waals surface area contributed by atoms with Gasteiger partial charge in [-0.25, -0.2) is 4.79 Å². The van der Waals surface area contributed by atoms with Crippen molar-refractivity contribution in [2.75, 3.05) is 19.6 Å². The maximum absolute atomic E-state index is 12.1. The van der Waals surface area contributed by atoms with Gasteiger partial charge >= 0.3 is 6.09 Å². The summed E-state index contributed by atoms with van der Waals surface area (Å²) in [7, 11) is 0. The lowest BCUT2D eigenvalue weighted by molar-refractivity contribution is -0.125. The standard InChI is InChI=1S/C22H41N3O4/c1-2-3-4-5-6-7-8-9-10-11-16-23-20(26)15-12-17-24-21(27)19-14-13-18-25(19)22(28)29/h19H,2-18H2,1H3,(H,23,26)(H,24,27)(H,28,29). The number of likely N-dealkylation sites (tertiary alicyclic amines) is 1. The van der Waals surface area contributed by atoms with Crippen molar-refractivity contribution < 1.29 is 19.5 Å². The maximum Gasteiger partial charge on any atom is 0.407 e. The minimum atomic E-state index is -1.05. The van der Waals surface area contributed by atoms with Gasteiger partial charge in [-0.3, -0.25) is 14.5 Å². The van der Waals surface area contributed by atoms with Crippen LogP contribution in [0.2, 0.25) is 0 Å². The summed E-state index contributed by atoms with van der Waals surface area (Å²) in [6.45, 7) is 3.77.